The van der Waals surface area contributed by atoms with Crippen LogP contribution in [0.3, 0.4) is 0 Å². The van der Waals surface area contributed by atoms with Gasteiger partial charge in [-0.05, 0) is 43.7 Å². The van der Waals surface area contributed by atoms with Gasteiger partial charge in [0.2, 0.25) is 0 Å². The van der Waals surface area contributed by atoms with Crippen LogP contribution in [-0.2, 0) is 0 Å². The van der Waals surface area contributed by atoms with Gasteiger partial charge in [-0.1, -0.05) is 77.2 Å². The van der Waals surface area contributed by atoms with Crippen molar-refractivity contribution >= 4 is 0 Å². The second-order valence-electron chi connectivity index (χ2n) is 6.83. The lowest BCUT2D eigenvalue weighted by molar-refractivity contribution is 0.164. The minimum Gasteiger partial charge on any atom is -0.405 e. The molecule has 0 aromatic carbocycles. The molecule has 1 rings (SSSR count). The first-order chi connectivity index (χ1) is 9.86. The molecule has 1 fully saturated rings. The molecule has 1 saturated carbocycles. The first-order valence-electron chi connectivity index (χ1n) is 9.23. The normalized spacial score (nSPS) is 22.2. The minimum absolute atomic E-state index is 1.09. The fourth-order valence-electron chi connectivity index (χ4n) is 3.53. The van der Waals surface area contributed by atoms with Crippen molar-refractivity contribution in [3.8, 4) is 0 Å². The van der Waals surface area contributed by atoms with Crippen molar-refractivity contribution in [1.29, 1.82) is 0 Å². The molecule has 0 bridgehead atoms. The van der Waals surface area contributed by atoms with Crippen LogP contribution in [0.15, 0.2) is 12.3 Å². The van der Waals surface area contributed by atoms with E-state index in [1.165, 1.54) is 70.6 Å². The van der Waals surface area contributed by atoms with Crippen LogP contribution in [0.5, 0.6) is 0 Å². The molecule has 0 unspecified atom stereocenters. The third-order valence-corrected chi connectivity index (χ3v) is 4.92. The highest BCUT2D eigenvalue weighted by Gasteiger charge is 2.27. The molecule has 1 heteroatoms. The molecule has 20 heavy (non-hydrogen) atoms. The van der Waals surface area contributed by atoms with E-state index in [0.717, 1.165) is 18.3 Å². The van der Waals surface area contributed by atoms with E-state index in [4.69, 9.17) is 5.73 Å². The summed E-state index contributed by atoms with van der Waals surface area (Å²) >= 11 is 0. The van der Waals surface area contributed by atoms with Gasteiger partial charge in [-0.15, -0.1) is 0 Å². The van der Waals surface area contributed by atoms with Gasteiger partial charge in [0.15, 0.2) is 0 Å². The summed E-state index contributed by atoms with van der Waals surface area (Å²) in [6.45, 7) is 2.30. The Hall–Kier alpha value is -0.460. The molecule has 1 aliphatic carbocycles. The summed E-state index contributed by atoms with van der Waals surface area (Å²) in [7, 11) is 0. The molecule has 0 atom stereocenters. The average Bonchev–Trinajstić information content (AvgIpc) is 2.41. The Bertz CT molecular complexity index is 228. The Morgan fingerprint density at radius 1 is 0.800 bits per heavy atom. The maximum Gasteiger partial charge on any atom is -0.0103 e. The number of rotatable bonds is 13. The van der Waals surface area contributed by atoms with Crippen LogP contribution in [0.4, 0.5) is 0 Å². The predicted octanol–water partition coefficient (Wildman–Crippen LogP) is 6.19. The largest absolute Gasteiger partial charge is 0.405 e. The Kier molecular flexibility index (Phi) is 10.8. The van der Waals surface area contributed by atoms with Gasteiger partial charge < -0.3 is 5.73 Å². The van der Waals surface area contributed by atoms with Crippen molar-refractivity contribution in [3.05, 3.63) is 12.3 Å². The molecule has 0 spiro atoms. The lowest BCUT2D eigenvalue weighted by Gasteiger charge is -2.35. The first-order valence-corrected chi connectivity index (χ1v) is 9.23. The van der Waals surface area contributed by atoms with Crippen molar-refractivity contribution in [3.63, 3.8) is 0 Å². The third-order valence-electron chi connectivity index (χ3n) is 4.92. The summed E-state index contributed by atoms with van der Waals surface area (Å²) in [4.78, 5) is 0. The summed E-state index contributed by atoms with van der Waals surface area (Å²) in [5, 5.41) is 0. The molecule has 0 aromatic rings. The fourth-order valence-corrected chi connectivity index (χ4v) is 3.53. The summed E-state index contributed by atoms with van der Waals surface area (Å²) < 4.78 is 0. The van der Waals surface area contributed by atoms with Crippen LogP contribution in [0.1, 0.15) is 96.8 Å². The van der Waals surface area contributed by atoms with Gasteiger partial charge >= 0.3 is 0 Å². The van der Waals surface area contributed by atoms with Gasteiger partial charge in [-0.25, -0.2) is 0 Å². The zero-order valence-electron chi connectivity index (χ0n) is 13.8. The number of hydrogen-bond donors (Lipinski definition) is 1. The molecular formula is C19H37N. The van der Waals surface area contributed by atoms with Gasteiger partial charge in [-0.2, -0.15) is 0 Å². The highest BCUT2D eigenvalue weighted by atomic mass is 14.5. The van der Waals surface area contributed by atoms with E-state index in [9.17, 15) is 0 Å². The molecular weight excluding hydrogens is 242 g/mol. The van der Waals surface area contributed by atoms with E-state index < -0.39 is 0 Å². The fraction of sp³-hybridized carbons (Fsp3) is 0.895. The van der Waals surface area contributed by atoms with E-state index >= 15 is 0 Å². The van der Waals surface area contributed by atoms with E-state index in [-0.39, 0.29) is 0 Å². The van der Waals surface area contributed by atoms with Gasteiger partial charge in [0.25, 0.3) is 0 Å². The molecule has 0 heterocycles. The maximum atomic E-state index is 5.32. The second-order valence-corrected chi connectivity index (χ2v) is 6.83. The Labute approximate surface area is 127 Å². The standard InChI is InChI=1S/C19H37N/c1-2-3-10-13-18-16-19(17-18)14-11-8-6-4-5-7-9-12-15-20/h12,15,18-19H,2-11,13-14,16-17,20H2,1H3/b15-12+. The third kappa shape index (κ3) is 8.66. The lowest BCUT2D eigenvalue weighted by atomic mass is 9.70. The van der Waals surface area contributed by atoms with E-state index in [0.29, 0.717) is 0 Å². The van der Waals surface area contributed by atoms with Gasteiger partial charge in [0.1, 0.15) is 0 Å². The smallest absolute Gasteiger partial charge is 0.0103 e. The predicted molar refractivity (Wildman–Crippen MR) is 90.6 cm³/mol. The molecule has 1 aliphatic rings. The topological polar surface area (TPSA) is 26.0 Å². The zero-order valence-corrected chi connectivity index (χ0v) is 13.8. The molecule has 0 aliphatic heterocycles. The van der Waals surface area contributed by atoms with Crippen LogP contribution in [-0.4, -0.2) is 0 Å². The summed E-state index contributed by atoms with van der Waals surface area (Å²) in [5.74, 6) is 2.19. The average molecular weight is 280 g/mol. The molecule has 0 amide bonds. The van der Waals surface area contributed by atoms with Crippen molar-refractivity contribution in [2.75, 3.05) is 0 Å². The Morgan fingerprint density at radius 3 is 1.95 bits per heavy atom. The molecule has 2 N–H and O–H groups in total. The van der Waals surface area contributed by atoms with Crippen LogP contribution < -0.4 is 5.73 Å². The summed E-state index contributed by atoms with van der Waals surface area (Å²) in [6.07, 6.45) is 23.9. The van der Waals surface area contributed by atoms with Crippen molar-refractivity contribution < 1.29 is 0 Å². The van der Waals surface area contributed by atoms with Gasteiger partial charge in [0, 0.05) is 0 Å². The van der Waals surface area contributed by atoms with E-state index in [1.807, 2.05) is 0 Å². The zero-order chi connectivity index (χ0) is 14.5. The highest BCUT2D eigenvalue weighted by Crippen LogP contribution is 2.40. The second kappa shape index (κ2) is 12.3. The van der Waals surface area contributed by atoms with E-state index in [2.05, 4.69) is 13.0 Å². The van der Waals surface area contributed by atoms with Gasteiger partial charge in [-0.3, -0.25) is 0 Å². The molecule has 0 radical (unpaired) electrons. The number of nitrogens with two attached hydrogens (primary N) is 1. The maximum absolute atomic E-state index is 5.32. The molecule has 0 saturated heterocycles. The summed E-state index contributed by atoms with van der Waals surface area (Å²) in [6, 6.07) is 0. The monoisotopic (exact) mass is 279 g/mol. The van der Waals surface area contributed by atoms with Crippen molar-refractivity contribution in [2.24, 2.45) is 17.6 Å². The van der Waals surface area contributed by atoms with Gasteiger partial charge in [0.05, 0.1) is 0 Å². The lowest BCUT2D eigenvalue weighted by Crippen LogP contribution is -2.23. The Morgan fingerprint density at radius 2 is 1.35 bits per heavy atom. The van der Waals surface area contributed by atoms with Crippen LogP contribution in [0, 0.1) is 11.8 Å². The van der Waals surface area contributed by atoms with Crippen molar-refractivity contribution in [1.82, 2.24) is 0 Å². The Balaban J connectivity index is 1.75. The molecule has 0 aromatic heterocycles. The molecule has 1 nitrogen and oxygen atoms in total. The number of hydrogen-bond acceptors (Lipinski definition) is 1. The highest BCUT2D eigenvalue weighted by molar-refractivity contribution is 4.79. The SMILES string of the molecule is CCCCCC1CC(CCCCCCCC/C=C/N)C1. The number of allylic oxidation sites excluding steroid dienone is 1. The first kappa shape index (κ1) is 17.6. The van der Waals surface area contributed by atoms with E-state index in [1.54, 1.807) is 19.0 Å². The summed E-state index contributed by atoms with van der Waals surface area (Å²) in [5.41, 5.74) is 5.32. The number of unbranched alkanes of at least 4 members (excludes halogenated alkanes) is 8. The van der Waals surface area contributed by atoms with Crippen molar-refractivity contribution in [2.45, 2.75) is 96.8 Å². The minimum atomic E-state index is 1.09. The van der Waals surface area contributed by atoms with Crippen LogP contribution >= 0.6 is 0 Å². The van der Waals surface area contributed by atoms with Crippen LogP contribution in [0.25, 0.3) is 0 Å². The van der Waals surface area contributed by atoms with Crippen LogP contribution in [0.2, 0.25) is 0 Å². The quantitative estimate of drug-likeness (QED) is 0.400. The molecule has 118 valence electrons.